The monoisotopic (exact) mass is 237 g/mol. The predicted molar refractivity (Wildman–Crippen MR) is 67.1 cm³/mol. The van der Waals surface area contributed by atoms with Crippen LogP contribution >= 0.6 is 0 Å². The van der Waals surface area contributed by atoms with Crippen LogP contribution in [0.4, 0.5) is 5.69 Å². The second-order valence-corrected chi connectivity index (χ2v) is 4.18. The van der Waals surface area contributed by atoms with E-state index in [9.17, 15) is 4.79 Å². The van der Waals surface area contributed by atoms with Crippen LogP contribution in [-0.2, 0) is 4.74 Å². The third-order valence-corrected chi connectivity index (χ3v) is 2.09. The van der Waals surface area contributed by atoms with Gasteiger partial charge >= 0.3 is 5.97 Å². The highest BCUT2D eigenvalue weighted by Crippen LogP contribution is 2.22. The Bertz CT molecular complexity index is 388. The average Bonchev–Trinajstić information content (AvgIpc) is 2.28. The van der Waals surface area contributed by atoms with Crippen molar-refractivity contribution in [3.63, 3.8) is 0 Å². The number of ether oxygens (including phenoxy) is 2. The summed E-state index contributed by atoms with van der Waals surface area (Å²) in [6.45, 7) is 6.80. The first kappa shape index (κ1) is 13.4. The molecule has 0 amide bonds. The molecule has 2 N–H and O–H groups in total. The molecule has 0 atom stereocenters. The number of rotatable bonds is 5. The Hall–Kier alpha value is -1.71. The van der Waals surface area contributed by atoms with Crippen LogP contribution in [0.25, 0.3) is 0 Å². The van der Waals surface area contributed by atoms with E-state index in [0.29, 0.717) is 36.1 Å². The first-order chi connectivity index (χ1) is 8.04. The highest BCUT2D eigenvalue weighted by molar-refractivity contribution is 5.91. The normalized spacial score (nSPS) is 10.4. The fraction of sp³-hybridized carbons (Fsp3) is 0.462. The van der Waals surface area contributed by atoms with Crippen molar-refractivity contribution < 1.29 is 14.3 Å². The molecule has 0 saturated carbocycles. The largest absolute Gasteiger partial charge is 0.492 e. The molecule has 4 heteroatoms. The van der Waals surface area contributed by atoms with Gasteiger partial charge in [-0.3, -0.25) is 0 Å². The van der Waals surface area contributed by atoms with Crippen LogP contribution < -0.4 is 10.5 Å². The van der Waals surface area contributed by atoms with Crippen LogP contribution in [0.2, 0.25) is 0 Å². The molecule has 4 nitrogen and oxygen atoms in total. The lowest BCUT2D eigenvalue weighted by Crippen LogP contribution is -2.10. The molecular weight excluding hydrogens is 218 g/mol. The number of anilines is 1. The van der Waals surface area contributed by atoms with Crippen LogP contribution in [0, 0.1) is 5.92 Å². The van der Waals surface area contributed by atoms with Gasteiger partial charge < -0.3 is 15.2 Å². The highest BCUT2D eigenvalue weighted by atomic mass is 16.5. The molecule has 0 aliphatic rings. The number of esters is 1. The van der Waals surface area contributed by atoms with E-state index in [1.807, 2.05) is 20.8 Å². The molecule has 0 radical (unpaired) electrons. The molecule has 0 spiro atoms. The summed E-state index contributed by atoms with van der Waals surface area (Å²) >= 11 is 0. The number of hydrogen-bond acceptors (Lipinski definition) is 4. The lowest BCUT2D eigenvalue weighted by molar-refractivity contribution is 0.0459. The topological polar surface area (TPSA) is 61.5 Å². The van der Waals surface area contributed by atoms with Gasteiger partial charge in [0.1, 0.15) is 5.75 Å². The van der Waals surface area contributed by atoms with Crippen LogP contribution in [0.1, 0.15) is 31.1 Å². The van der Waals surface area contributed by atoms with E-state index in [0.717, 1.165) is 0 Å². The second kappa shape index (κ2) is 6.13. The van der Waals surface area contributed by atoms with Crippen molar-refractivity contribution in [1.82, 2.24) is 0 Å². The number of carbonyl (C=O) groups is 1. The minimum absolute atomic E-state index is 0.319. The van der Waals surface area contributed by atoms with Gasteiger partial charge in [-0.05, 0) is 31.0 Å². The van der Waals surface area contributed by atoms with Crippen molar-refractivity contribution in [1.29, 1.82) is 0 Å². The fourth-order valence-electron chi connectivity index (χ4n) is 1.29. The van der Waals surface area contributed by atoms with E-state index in [-0.39, 0.29) is 5.97 Å². The van der Waals surface area contributed by atoms with E-state index in [2.05, 4.69) is 0 Å². The molecule has 1 rings (SSSR count). The van der Waals surface area contributed by atoms with Gasteiger partial charge in [-0.1, -0.05) is 13.8 Å². The van der Waals surface area contributed by atoms with Gasteiger partial charge in [0.05, 0.1) is 24.5 Å². The van der Waals surface area contributed by atoms with Crippen molar-refractivity contribution in [3.05, 3.63) is 23.8 Å². The second-order valence-electron chi connectivity index (χ2n) is 4.18. The summed E-state index contributed by atoms with van der Waals surface area (Å²) < 4.78 is 10.4. The summed E-state index contributed by atoms with van der Waals surface area (Å²) in [4.78, 5) is 11.7. The third kappa shape index (κ3) is 3.98. The van der Waals surface area contributed by atoms with Crippen molar-refractivity contribution in [2.75, 3.05) is 18.9 Å². The number of carbonyl (C=O) groups excluding carboxylic acids is 1. The van der Waals surface area contributed by atoms with Gasteiger partial charge in [-0.2, -0.15) is 0 Å². The van der Waals surface area contributed by atoms with E-state index in [4.69, 9.17) is 15.2 Å². The van der Waals surface area contributed by atoms with Gasteiger partial charge in [-0.15, -0.1) is 0 Å². The lowest BCUT2D eigenvalue weighted by Gasteiger charge is -2.10. The first-order valence-corrected chi connectivity index (χ1v) is 5.74. The highest BCUT2D eigenvalue weighted by Gasteiger charge is 2.10. The standard InChI is InChI=1S/C13H19NO3/c1-4-16-12-6-5-10(7-11(12)14)13(15)17-8-9(2)3/h5-7,9H,4,8,14H2,1-3H3. The van der Waals surface area contributed by atoms with Gasteiger partial charge in [0.25, 0.3) is 0 Å². The maximum Gasteiger partial charge on any atom is 0.338 e. The van der Waals surface area contributed by atoms with E-state index >= 15 is 0 Å². The Kier molecular flexibility index (Phi) is 4.82. The van der Waals surface area contributed by atoms with E-state index < -0.39 is 0 Å². The first-order valence-electron chi connectivity index (χ1n) is 5.74. The maximum absolute atomic E-state index is 11.7. The summed E-state index contributed by atoms with van der Waals surface area (Å²) in [6.07, 6.45) is 0. The molecule has 0 aliphatic carbocycles. The molecule has 1 aromatic rings. The average molecular weight is 237 g/mol. The summed E-state index contributed by atoms with van der Waals surface area (Å²) in [6, 6.07) is 4.92. The minimum Gasteiger partial charge on any atom is -0.492 e. The molecule has 0 heterocycles. The quantitative estimate of drug-likeness (QED) is 0.631. The zero-order valence-electron chi connectivity index (χ0n) is 10.5. The molecule has 0 aromatic heterocycles. The Morgan fingerprint density at radius 2 is 2.12 bits per heavy atom. The molecule has 17 heavy (non-hydrogen) atoms. The van der Waals surface area contributed by atoms with Gasteiger partial charge in [0.15, 0.2) is 0 Å². The smallest absolute Gasteiger partial charge is 0.338 e. The minimum atomic E-state index is -0.353. The number of nitrogens with two attached hydrogens (primary N) is 1. The Labute approximate surface area is 102 Å². The van der Waals surface area contributed by atoms with Gasteiger partial charge in [0.2, 0.25) is 0 Å². The third-order valence-electron chi connectivity index (χ3n) is 2.09. The van der Waals surface area contributed by atoms with Crippen LogP contribution in [0.5, 0.6) is 5.75 Å². The van der Waals surface area contributed by atoms with Crippen LogP contribution in [-0.4, -0.2) is 19.2 Å². The summed E-state index contributed by atoms with van der Waals surface area (Å²) in [5.74, 6) is 0.556. The summed E-state index contributed by atoms with van der Waals surface area (Å²) in [5, 5.41) is 0. The number of nitrogen functional groups attached to an aromatic ring is 1. The fourth-order valence-corrected chi connectivity index (χ4v) is 1.29. The molecule has 0 aliphatic heterocycles. The molecule has 0 bridgehead atoms. The molecule has 94 valence electrons. The molecule has 1 aromatic carbocycles. The Morgan fingerprint density at radius 3 is 2.65 bits per heavy atom. The van der Waals surface area contributed by atoms with E-state index in [1.54, 1.807) is 18.2 Å². The lowest BCUT2D eigenvalue weighted by atomic mass is 10.2. The zero-order valence-corrected chi connectivity index (χ0v) is 10.5. The predicted octanol–water partition coefficient (Wildman–Crippen LogP) is 2.48. The van der Waals surface area contributed by atoms with Crippen molar-refractivity contribution >= 4 is 11.7 Å². The molecule has 0 unspecified atom stereocenters. The Morgan fingerprint density at radius 1 is 1.41 bits per heavy atom. The van der Waals surface area contributed by atoms with Gasteiger partial charge in [0, 0.05) is 0 Å². The summed E-state index contributed by atoms with van der Waals surface area (Å²) in [7, 11) is 0. The maximum atomic E-state index is 11.7. The van der Waals surface area contributed by atoms with Crippen molar-refractivity contribution in [2.24, 2.45) is 5.92 Å². The van der Waals surface area contributed by atoms with Gasteiger partial charge in [-0.25, -0.2) is 4.79 Å². The Balaban J connectivity index is 2.72. The SMILES string of the molecule is CCOc1ccc(C(=O)OCC(C)C)cc1N. The zero-order chi connectivity index (χ0) is 12.8. The summed E-state index contributed by atoms with van der Waals surface area (Å²) in [5.41, 5.74) is 6.67. The molecular formula is C13H19NO3. The number of hydrogen-bond donors (Lipinski definition) is 1. The van der Waals surface area contributed by atoms with Crippen LogP contribution in [0.3, 0.4) is 0 Å². The van der Waals surface area contributed by atoms with E-state index in [1.165, 1.54) is 0 Å². The van der Waals surface area contributed by atoms with Crippen LogP contribution in [0.15, 0.2) is 18.2 Å². The van der Waals surface area contributed by atoms with Crippen molar-refractivity contribution in [2.45, 2.75) is 20.8 Å². The number of benzene rings is 1. The molecule has 0 fully saturated rings. The van der Waals surface area contributed by atoms with Crippen molar-refractivity contribution in [3.8, 4) is 5.75 Å². The molecule has 0 saturated heterocycles.